The molecule has 0 unspecified atom stereocenters. The van der Waals surface area contributed by atoms with Crippen LogP contribution in [0.5, 0.6) is 0 Å². The van der Waals surface area contributed by atoms with Crippen LogP contribution in [-0.4, -0.2) is 49.1 Å². The predicted molar refractivity (Wildman–Crippen MR) is 109 cm³/mol. The molecule has 160 valence electrons. The zero-order chi connectivity index (χ0) is 21.7. The Hall–Kier alpha value is -2.63. The van der Waals surface area contributed by atoms with Crippen molar-refractivity contribution in [3.63, 3.8) is 0 Å². The molecule has 0 aliphatic carbocycles. The Morgan fingerprint density at radius 3 is 2.57 bits per heavy atom. The fourth-order valence-electron chi connectivity index (χ4n) is 3.04. The molecule has 0 atom stereocenters. The predicted octanol–water partition coefficient (Wildman–Crippen LogP) is 2.80. The van der Waals surface area contributed by atoms with Crippen molar-refractivity contribution < 1.29 is 27.7 Å². The van der Waals surface area contributed by atoms with E-state index in [0.717, 1.165) is 36.7 Å². The highest BCUT2D eigenvalue weighted by Gasteiger charge is 2.27. The summed E-state index contributed by atoms with van der Waals surface area (Å²) in [6, 6.07) is 8.20. The van der Waals surface area contributed by atoms with Gasteiger partial charge in [0, 0.05) is 35.7 Å². The van der Waals surface area contributed by atoms with Crippen molar-refractivity contribution in [3.8, 4) is 0 Å². The molecule has 11 heteroatoms. The van der Waals surface area contributed by atoms with Gasteiger partial charge in [0.2, 0.25) is 5.78 Å². The minimum atomic E-state index is -3.56. The van der Waals surface area contributed by atoms with Gasteiger partial charge in [0.25, 0.3) is 15.7 Å². The quantitative estimate of drug-likeness (QED) is 0.261. The highest BCUT2D eigenvalue weighted by molar-refractivity contribution is 7.91. The van der Waals surface area contributed by atoms with Crippen molar-refractivity contribution in [1.29, 1.82) is 0 Å². The second kappa shape index (κ2) is 9.45. The Labute approximate surface area is 177 Å². The van der Waals surface area contributed by atoms with Crippen LogP contribution in [0.3, 0.4) is 0 Å². The van der Waals surface area contributed by atoms with E-state index in [0.29, 0.717) is 18.0 Å². The number of rotatable bonds is 8. The first-order chi connectivity index (χ1) is 14.3. The Bertz CT molecular complexity index is 1060. The summed E-state index contributed by atoms with van der Waals surface area (Å²) in [6.07, 6.45) is 2.52. The van der Waals surface area contributed by atoms with Gasteiger partial charge in [-0.3, -0.25) is 19.7 Å². The molecular weight excluding hydrogens is 432 g/mol. The molecule has 9 nitrogen and oxygen atoms in total. The second-order valence-corrected chi connectivity index (χ2v) is 10.1. The van der Waals surface area contributed by atoms with Crippen LogP contribution >= 0.6 is 11.3 Å². The average molecular weight is 453 g/mol. The number of Topliss-reactive ketones (excluding diaryl/α,β-unsaturated/α-hetero) is 1. The monoisotopic (exact) mass is 452 g/mol. The number of nitrogens with zero attached hydrogens (tertiary/aromatic N) is 2. The topological polar surface area (TPSA) is 124 Å². The summed E-state index contributed by atoms with van der Waals surface area (Å²) in [5, 5.41) is 10.8. The molecule has 30 heavy (non-hydrogen) atoms. The number of piperidine rings is 1. The van der Waals surface area contributed by atoms with Gasteiger partial charge in [0.15, 0.2) is 6.61 Å². The Morgan fingerprint density at radius 1 is 1.13 bits per heavy atom. The van der Waals surface area contributed by atoms with Crippen molar-refractivity contribution in [1.82, 2.24) is 4.31 Å². The third-order valence-electron chi connectivity index (χ3n) is 4.61. The van der Waals surface area contributed by atoms with Gasteiger partial charge < -0.3 is 4.74 Å². The molecule has 0 N–H and O–H groups in total. The molecule has 1 aliphatic heterocycles. The van der Waals surface area contributed by atoms with E-state index in [4.69, 9.17) is 4.74 Å². The maximum Gasteiger partial charge on any atom is 0.311 e. The lowest BCUT2D eigenvalue weighted by Crippen LogP contribution is -2.35. The number of sulfonamides is 1. The number of hydrogen-bond donors (Lipinski definition) is 0. The molecule has 3 rings (SSSR count). The smallest absolute Gasteiger partial charge is 0.311 e. The summed E-state index contributed by atoms with van der Waals surface area (Å²) in [4.78, 5) is 34.8. The van der Waals surface area contributed by atoms with Gasteiger partial charge in [-0.15, -0.1) is 11.3 Å². The van der Waals surface area contributed by atoms with E-state index >= 15 is 0 Å². The van der Waals surface area contributed by atoms with Gasteiger partial charge in [-0.05, 0) is 25.0 Å². The summed E-state index contributed by atoms with van der Waals surface area (Å²) >= 11 is 1.01. The van der Waals surface area contributed by atoms with Crippen molar-refractivity contribution in [2.75, 3.05) is 19.7 Å². The van der Waals surface area contributed by atoms with Gasteiger partial charge in [-0.25, -0.2) is 8.42 Å². The van der Waals surface area contributed by atoms with Crippen LogP contribution in [-0.2, 0) is 26.0 Å². The van der Waals surface area contributed by atoms with Gasteiger partial charge in [0.05, 0.1) is 11.3 Å². The van der Waals surface area contributed by atoms with E-state index in [9.17, 15) is 28.1 Å². The van der Waals surface area contributed by atoms with E-state index in [1.165, 1.54) is 28.6 Å². The van der Waals surface area contributed by atoms with Crippen LogP contribution in [0.1, 0.15) is 34.5 Å². The molecule has 1 aromatic heterocycles. The SMILES string of the molecule is O=C(Cc1ccc(S(=O)(=O)N2CCCCC2)s1)OCC(=O)c1cccc([N+](=O)[O-])c1. The molecule has 1 fully saturated rings. The van der Waals surface area contributed by atoms with E-state index in [-0.39, 0.29) is 21.9 Å². The molecule has 0 bridgehead atoms. The Kier molecular flexibility index (Phi) is 6.95. The standard InChI is InChI=1S/C19H20N2O7S2/c22-17(14-5-4-6-15(11-14)21(24)25)13-28-18(23)12-16-7-8-19(29-16)30(26,27)20-9-2-1-3-10-20/h4-8,11H,1-3,9-10,12-13H2. The number of nitro groups is 1. The first-order valence-electron chi connectivity index (χ1n) is 9.29. The van der Waals surface area contributed by atoms with Crippen LogP contribution in [0.2, 0.25) is 0 Å². The fourth-order valence-corrected chi connectivity index (χ4v) is 6.05. The lowest BCUT2D eigenvalue weighted by molar-refractivity contribution is -0.384. The van der Waals surface area contributed by atoms with Crippen LogP contribution in [0.4, 0.5) is 5.69 Å². The van der Waals surface area contributed by atoms with Gasteiger partial charge in [-0.2, -0.15) is 4.31 Å². The van der Waals surface area contributed by atoms with Crippen LogP contribution in [0.25, 0.3) is 0 Å². The third-order valence-corrected chi connectivity index (χ3v) is 8.06. The maximum absolute atomic E-state index is 12.7. The summed E-state index contributed by atoms with van der Waals surface area (Å²) < 4.78 is 31.9. The summed E-state index contributed by atoms with van der Waals surface area (Å²) in [5.74, 6) is -1.25. The largest absolute Gasteiger partial charge is 0.457 e. The Morgan fingerprint density at radius 2 is 1.87 bits per heavy atom. The molecule has 0 saturated carbocycles. The van der Waals surface area contributed by atoms with Crippen molar-refractivity contribution in [3.05, 3.63) is 57.0 Å². The van der Waals surface area contributed by atoms with Gasteiger partial charge in [-0.1, -0.05) is 18.6 Å². The molecule has 2 heterocycles. The van der Waals surface area contributed by atoms with Crippen molar-refractivity contribution in [2.45, 2.75) is 29.9 Å². The summed E-state index contributed by atoms with van der Waals surface area (Å²) in [6.45, 7) is 0.443. The van der Waals surface area contributed by atoms with E-state index in [2.05, 4.69) is 0 Å². The molecule has 1 saturated heterocycles. The van der Waals surface area contributed by atoms with Gasteiger partial charge in [0.1, 0.15) is 4.21 Å². The molecule has 1 aliphatic rings. The van der Waals surface area contributed by atoms with Gasteiger partial charge >= 0.3 is 5.97 Å². The molecule has 0 amide bonds. The van der Waals surface area contributed by atoms with Crippen molar-refractivity contribution >= 4 is 38.8 Å². The minimum absolute atomic E-state index is 0.0723. The Balaban J connectivity index is 1.56. The first-order valence-corrected chi connectivity index (χ1v) is 11.5. The van der Waals surface area contributed by atoms with Crippen LogP contribution in [0, 0.1) is 10.1 Å². The molecule has 1 aromatic carbocycles. The highest BCUT2D eigenvalue weighted by atomic mass is 32.2. The number of carbonyl (C=O) groups excluding carboxylic acids is 2. The number of thiophene rings is 1. The normalized spacial score (nSPS) is 14.9. The molecule has 2 aromatic rings. The van der Waals surface area contributed by atoms with Crippen LogP contribution in [0.15, 0.2) is 40.6 Å². The zero-order valence-electron chi connectivity index (χ0n) is 16.0. The maximum atomic E-state index is 12.7. The number of nitro benzene ring substituents is 1. The first kappa shape index (κ1) is 22.1. The number of carbonyl (C=O) groups is 2. The van der Waals surface area contributed by atoms with E-state index in [1.807, 2.05) is 0 Å². The lowest BCUT2D eigenvalue weighted by Gasteiger charge is -2.25. The highest BCUT2D eigenvalue weighted by Crippen LogP contribution is 2.27. The number of non-ortho nitro benzene ring substituents is 1. The lowest BCUT2D eigenvalue weighted by atomic mass is 10.1. The number of esters is 1. The number of benzene rings is 1. The minimum Gasteiger partial charge on any atom is -0.457 e. The van der Waals surface area contributed by atoms with E-state index in [1.54, 1.807) is 6.07 Å². The van der Waals surface area contributed by atoms with Crippen LogP contribution < -0.4 is 0 Å². The average Bonchev–Trinajstić information content (AvgIpc) is 3.22. The summed E-state index contributed by atoms with van der Waals surface area (Å²) in [7, 11) is -3.56. The number of ketones is 1. The number of ether oxygens (including phenoxy) is 1. The fraction of sp³-hybridized carbons (Fsp3) is 0.368. The second-order valence-electron chi connectivity index (χ2n) is 6.75. The molecule has 0 radical (unpaired) electrons. The van der Waals surface area contributed by atoms with E-state index < -0.39 is 33.3 Å². The zero-order valence-corrected chi connectivity index (χ0v) is 17.6. The number of hydrogen-bond acceptors (Lipinski definition) is 8. The summed E-state index contributed by atoms with van der Waals surface area (Å²) in [5.41, 5.74) is -0.156. The van der Waals surface area contributed by atoms with Crippen molar-refractivity contribution in [2.24, 2.45) is 0 Å². The molecular formula is C19H20N2O7S2. The third kappa shape index (κ3) is 5.29. The molecule has 0 spiro atoms.